The number of fused-ring (bicyclic) bond motifs is 1. The third kappa shape index (κ3) is 3.88. The van der Waals surface area contributed by atoms with Crippen LogP contribution in [0.4, 0.5) is 0 Å². The van der Waals surface area contributed by atoms with Crippen LogP contribution in [0.5, 0.6) is 0 Å². The van der Waals surface area contributed by atoms with E-state index in [1.54, 1.807) is 11.8 Å². The van der Waals surface area contributed by atoms with Crippen molar-refractivity contribution in [2.45, 2.75) is 38.4 Å². The molecule has 142 valence electrons. The largest absolute Gasteiger partial charge is 0.440 e. The lowest BCUT2D eigenvalue weighted by Gasteiger charge is -2.30. The molecule has 3 aromatic rings. The zero-order chi connectivity index (χ0) is 18.8. The minimum absolute atomic E-state index is 0.197. The van der Waals surface area contributed by atoms with E-state index >= 15 is 0 Å². The van der Waals surface area contributed by atoms with Crippen LogP contribution in [0.2, 0.25) is 0 Å². The summed E-state index contributed by atoms with van der Waals surface area (Å²) >= 11 is 1.62. The predicted octanol–water partition coefficient (Wildman–Crippen LogP) is 4.07. The lowest BCUT2D eigenvalue weighted by molar-refractivity contribution is -0.129. The Morgan fingerprint density at radius 2 is 2.04 bits per heavy atom. The zero-order valence-corrected chi connectivity index (χ0v) is 16.4. The van der Waals surface area contributed by atoms with E-state index in [1.807, 2.05) is 43.0 Å². The number of rotatable bonds is 5. The van der Waals surface area contributed by atoms with E-state index in [-0.39, 0.29) is 11.8 Å². The number of piperidine rings is 1. The molecule has 1 amide bonds. The highest BCUT2D eigenvalue weighted by Crippen LogP contribution is 2.30. The van der Waals surface area contributed by atoms with Gasteiger partial charge in [-0.3, -0.25) is 4.79 Å². The van der Waals surface area contributed by atoms with Gasteiger partial charge in [-0.25, -0.2) is 4.98 Å². The van der Waals surface area contributed by atoms with Crippen molar-refractivity contribution >= 4 is 28.8 Å². The van der Waals surface area contributed by atoms with Gasteiger partial charge in [-0.2, -0.15) is 0 Å². The summed E-state index contributed by atoms with van der Waals surface area (Å²) in [5.74, 6) is 3.37. The number of oxazole rings is 1. The SMILES string of the molecule is Cc1noc(C)c1CSCC(=O)N1CCC(c2nc3ccccc3o2)CC1. The molecule has 1 aromatic carbocycles. The second-order valence-electron chi connectivity index (χ2n) is 6.97. The Kier molecular flexibility index (Phi) is 5.20. The number of hydrogen-bond donors (Lipinski definition) is 0. The van der Waals surface area contributed by atoms with Gasteiger partial charge in [0, 0.05) is 30.3 Å². The summed E-state index contributed by atoms with van der Waals surface area (Å²) in [6, 6.07) is 7.84. The molecule has 0 unspecified atom stereocenters. The molecule has 0 bridgehead atoms. The standard InChI is InChI=1S/C20H23N3O3S/c1-13-16(14(2)26-22-13)11-27-12-19(24)23-9-7-15(8-10-23)20-21-17-5-3-4-6-18(17)25-20/h3-6,15H,7-12H2,1-2H3. The van der Waals surface area contributed by atoms with Gasteiger partial charge in [0.05, 0.1) is 11.4 Å². The Balaban J connectivity index is 1.27. The first-order chi connectivity index (χ1) is 13.1. The van der Waals surface area contributed by atoms with Crippen molar-refractivity contribution in [3.63, 3.8) is 0 Å². The van der Waals surface area contributed by atoms with E-state index in [1.165, 1.54) is 0 Å². The Morgan fingerprint density at radius 1 is 1.26 bits per heavy atom. The van der Waals surface area contributed by atoms with Crippen LogP contribution in [0.3, 0.4) is 0 Å². The summed E-state index contributed by atoms with van der Waals surface area (Å²) in [6.07, 6.45) is 1.79. The van der Waals surface area contributed by atoms with Gasteiger partial charge in [-0.15, -0.1) is 11.8 Å². The van der Waals surface area contributed by atoms with Gasteiger partial charge in [-0.05, 0) is 38.8 Å². The molecule has 0 radical (unpaired) electrons. The van der Waals surface area contributed by atoms with Gasteiger partial charge in [0.2, 0.25) is 5.91 Å². The van der Waals surface area contributed by atoms with Crippen molar-refractivity contribution in [1.29, 1.82) is 0 Å². The molecule has 1 aliphatic heterocycles. The molecule has 1 saturated heterocycles. The molecule has 0 atom stereocenters. The third-order valence-electron chi connectivity index (χ3n) is 5.16. The van der Waals surface area contributed by atoms with Crippen LogP contribution in [-0.2, 0) is 10.5 Å². The average molecular weight is 385 g/mol. The number of hydrogen-bond acceptors (Lipinski definition) is 6. The van der Waals surface area contributed by atoms with Crippen molar-refractivity contribution in [3.8, 4) is 0 Å². The molecule has 0 aliphatic carbocycles. The molecule has 0 saturated carbocycles. The minimum Gasteiger partial charge on any atom is -0.440 e. The van der Waals surface area contributed by atoms with Gasteiger partial charge in [-0.1, -0.05) is 17.3 Å². The number of aromatic nitrogens is 2. The maximum absolute atomic E-state index is 12.5. The van der Waals surface area contributed by atoms with Crippen LogP contribution in [0.15, 0.2) is 33.2 Å². The Labute approximate surface area is 162 Å². The fourth-order valence-electron chi connectivity index (χ4n) is 3.48. The summed E-state index contributed by atoms with van der Waals surface area (Å²) in [4.78, 5) is 19.1. The van der Waals surface area contributed by atoms with Crippen molar-refractivity contribution in [3.05, 3.63) is 47.2 Å². The summed E-state index contributed by atoms with van der Waals surface area (Å²) in [6.45, 7) is 5.36. The predicted molar refractivity (Wildman–Crippen MR) is 105 cm³/mol. The van der Waals surface area contributed by atoms with Crippen molar-refractivity contribution < 1.29 is 13.7 Å². The second-order valence-corrected chi connectivity index (χ2v) is 7.96. The highest BCUT2D eigenvalue weighted by molar-refractivity contribution is 7.99. The first-order valence-electron chi connectivity index (χ1n) is 9.24. The van der Waals surface area contributed by atoms with Gasteiger partial charge in [0.1, 0.15) is 11.3 Å². The number of amides is 1. The summed E-state index contributed by atoms with van der Waals surface area (Å²) < 4.78 is 11.1. The van der Waals surface area contributed by atoms with Crippen LogP contribution in [0, 0.1) is 13.8 Å². The lowest BCUT2D eigenvalue weighted by atomic mass is 9.97. The van der Waals surface area contributed by atoms with Crippen molar-refractivity contribution in [1.82, 2.24) is 15.0 Å². The van der Waals surface area contributed by atoms with Crippen molar-refractivity contribution in [2.24, 2.45) is 0 Å². The second kappa shape index (κ2) is 7.76. The number of benzene rings is 1. The van der Waals surface area contributed by atoms with Gasteiger partial charge in [0.25, 0.3) is 0 Å². The van der Waals surface area contributed by atoms with E-state index in [2.05, 4.69) is 10.1 Å². The molecule has 4 rings (SSSR count). The maximum atomic E-state index is 12.5. The number of aryl methyl sites for hydroxylation is 2. The minimum atomic E-state index is 0.197. The van der Waals surface area contributed by atoms with E-state index in [9.17, 15) is 4.79 Å². The monoisotopic (exact) mass is 385 g/mol. The number of carbonyl (C=O) groups excluding carboxylic acids is 1. The number of para-hydroxylation sites is 2. The number of nitrogens with zero attached hydrogens (tertiary/aromatic N) is 3. The van der Waals surface area contributed by atoms with E-state index in [4.69, 9.17) is 8.94 Å². The first kappa shape index (κ1) is 18.1. The molecular formula is C20H23N3O3S. The topological polar surface area (TPSA) is 72.4 Å². The maximum Gasteiger partial charge on any atom is 0.232 e. The third-order valence-corrected chi connectivity index (χ3v) is 6.10. The normalized spacial score (nSPS) is 15.6. The smallest absolute Gasteiger partial charge is 0.232 e. The molecule has 27 heavy (non-hydrogen) atoms. The van der Waals surface area contributed by atoms with Crippen LogP contribution in [0.1, 0.15) is 41.7 Å². The molecule has 1 aliphatic rings. The van der Waals surface area contributed by atoms with Crippen LogP contribution in [0.25, 0.3) is 11.1 Å². The average Bonchev–Trinajstić information content (AvgIpc) is 3.26. The van der Waals surface area contributed by atoms with E-state index in [0.717, 1.165) is 65.7 Å². The number of carbonyl (C=O) groups is 1. The Morgan fingerprint density at radius 3 is 2.74 bits per heavy atom. The summed E-state index contributed by atoms with van der Waals surface area (Å²) in [5, 5.41) is 3.96. The summed E-state index contributed by atoms with van der Waals surface area (Å²) in [5.41, 5.74) is 3.75. The number of likely N-dealkylation sites (tertiary alicyclic amines) is 1. The van der Waals surface area contributed by atoms with Crippen LogP contribution >= 0.6 is 11.8 Å². The lowest BCUT2D eigenvalue weighted by Crippen LogP contribution is -2.39. The first-order valence-corrected chi connectivity index (χ1v) is 10.4. The fraction of sp³-hybridized carbons (Fsp3) is 0.450. The molecular weight excluding hydrogens is 362 g/mol. The highest BCUT2D eigenvalue weighted by Gasteiger charge is 2.27. The quantitative estimate of drug-likeness (QED) is 0.659. The van der Waals surface area contributed by atoms with E-state index in [0.29, 0.717) is 5.75 Å². The van der Waals surface area contributed by atoms with Crippen LogP contribution in [-0.4, -0.2) is 39.8 Å². The molecule has 2 aromatic heterocycles. The molecule has 0 spiro atoms. The molecule has 6 nitrogen and oxygen atoms in total. The van der Waals surface area contributed by atoms with Gasteiger partial charge in [0.15, 0.2) is 11.5 Å². The molecule has 0 N–H and O–H groups in total. The number of thioether (sulfide) groups is 1. The molecule has 1 fully saturated rings. The van der Waals surface area contributed by atoms with Gasteiger partial charge >= 0.3 is 0 Å². The molecule has 7 heteroatoms. The highest BCUT2D eigenvalue weighted by atomic mass is 32.2. The Hall–Kier alpha value is -2.28. The van der Waals surface area contributed by atoms with Crippen molar-refractivity contribution in [2.75, 3.05) is 18.8 Å². The molecule has 3 heterocycles. The van der Waals surface area contributed by atoms with E-state index < -0.39 is 0 Å². The van der Waals surface area contributed by atoms with Crippen LogP contribution < -0.4 is 0 Å². The zero-order valence-electron chi connectivity index (χ0n) is 15.6. The summed E-state index contributed by atoms with van der Waals surface area (Å²) in [7, 11) is 0. The Bertz CT molecular complexity index is 889. The fourth-order valence-corrected chi connectivity index (χ4v) is 4.56. The van der Waals surface area contributed by atoms with Gasteiger partial charge < -0.3 is 13.8 Å².